The SMILES string of the molecule is O=C1CC(Cl)CN1CC1CCCCC1O. The van der Waals surface area contributed by atoms with Crippen molar-refractivity contribution in [3.63, 3.8) is 0 Å². The van der Waals surface area contributed by atoms with E-state index < -0.39 is 0 Å². The molecule has 1 amide bonds. The molecule has 15 heavy (non-hydrogen) atoms. The van der Waals surface area contributed by atoms with Crippen LogP contribution in [0.25, 0.3) is 0 Å². The molecule has 3 atom stereocenters. The van der Waals surface area contributed by atoms with Crippen LogP contribution in [0.3, 0.4) is 0 Å². The van der Waals surface area contributed by atoms with Crippen molar-refractivity contribution in [2.45, 2.75) is 43.6 Å². The van der Waals surface area contributed by atoms with Crippen molar-refractivity contribution in [3.05, 3.63) is 0 Å². The molecule has 2 fully saturated rings. The van der Waals surface area contributed by atoms with Gasteiger partial charge in [-0.05, 0) is 12.8 Å². The summed E-state index contributed by atoms with van der Waals surface area (Å²) >= 11 is 5.93. The molecule has 1 aliphatic heterocycles. The molecule has 0 spiro atoms. The number of alkyl halides is 1. The molecule has 2 rings (SSSR count). The number of amides is 1. The lowest BCUT2D eigenvalue weighted by molar-refractivity contribution is -0.128. The van der Waals surface area contributed by atoms with Crippen molar-refractivity contribution < 1.29 is 9.90 Å². The normalized spacial score (nSPS) is 37.3. The zero-order chi connectivity index (χ0) is 10.8. The maximum absolute atomic E-state index is 11.5. The molecule has 1 N–H and O–H groups in total. The summed E-state index contributed by atoms with van der Waals surface area (Å²) in [5.41, 5.74) is 0. The maximum atomic E-state index is 11.5. The number of likely N-dealkylation sites (tertiary alicyclic amines) is 1. The number of aliphatic hydroxyl groups is 1. The Kier molecular flexibility index (Phi) is 3.52. The van der Waals surface area contributed by atoms with Gasteiger partial charge in [-0.1, -0.05) is 12.8 Å². The summed E-state index contributed by atoms with van der Waals surface area (Å²) in [5, 5.41) is 9.78. The molecule has 4 heteroatoms. The predicted molar refractivity (Wildman–Crippen MR) is 58.8 cm³/mol. The Morgan fingerprint density at radius 2 is 2.13 bits per heavy atom. The molecular formula is C11H18ClNO2. The summed E-state index contributed by atoms with van der Waals surface area (Å²) in [6.07, 6.45) is 4.46. The molecule has 1 saturated carbocycles. The first-order valence-corrected chi connectivity index (χ1v) is 6.20. The van der Waals surface area contributed by atoms with Gasteiger partial charge in [0.1, 0.15) is 0 Å². The van der Waals surface area contributed by atoms with Crippen molar-refractivity contribution in [1.82, 2.24) is 4.90 Å². The standard InChI is InChI=1S/C11H18ClNO2/c12-9-5-11(15)13(7-9)6-8-3-1-2-4-10(8)14/h8-10,14H,1-7H2. The van der Waals surface area contributed by atoms with Gasteiger partial charge in [-0.2, -0.15) is 0 Å². The van der Waals surface area contributed by atoms with Gasteiger partial charge >= 0.3 is 0 Å². The van der Waals surface area contributed by atoms with Gasteiger partial charge in [0.15, 0.2) is 0 Å². The zero-order valence-electron chi connectivity index (χ0n) is 8.86. The fraction of sp³-hybridized carbons (Fsp3) is 0.909. The third kappa shape index (κ3) is 2.64. The zero-order valence-corrected chi connectivity index (χ0v) is 9.62. The number of carbonyl (C=O) groups excluding carboxylic acids is 1. The Balaban J connectivity index is 1.87. The Labute approximate surface area is 95.4 Å². The third-order valence-electron chi connectivity index (χ3n) is 3.49. The van der Waals surface area contributed by atoms with Crippen LogP contribution in [0.5, 0.6) is 0 Å². The summed E-state index contributed by atoms with van der Waals surface area (Å²) in [6.45, 7) is 1.35. The van der Waals surface area contributed by atoms with Crippen molar-refractivity contribution in [2.75, 3.05) is 13.1 Å². The summed E-state index contributed by atoms with van der Waals surface area (Å²) in [5.74, 6) is 0.414. The Hall–Kier alpha value is -0.280. The predicted octanol–water partition coefficient (Wildman–Crippen LogP) is 1.38. The van der Waals surface area contributed by atoms with Crippen molar-refractivity contribution in [3.8, 4) is 0 Å². The fourth-order valence-corrected chi connectivity index (χ4v) is 2.88. The van der Waals surface area contributed by atoms with Gasteiger partial charge in [0.2, 0.25) is 5.91 Å². The Morgan fingerprint density at radius 1 is 1.40 bits per heavy atom. The van der Waals surface area contributed by atoms with E-state index in [1.54, 1.807) is 0 Å². The minimum Gasteiger partial charge on any atom is -0.393 e. The molecule has 3 nitrogen and oxygen atoms in total. The van der Waals surface area contributed by atoms with Gasteiger partial charge in [0, 0.05) is 25.4 Å². The van der Waals surface area contributed by atoms with Crippen molar-refractivity contribution >= 4 is 17.5 Å². The lowest BCUT2D eigenvalue weighted by atomic mass is 9.86. The van der Waals surface area contributed by atoms with Gasteiger partial charge in [-0.15, -0.1) is 11.6 Å². The number of hydrogen-bond donors (Lipinski definition) is 1. The quantitative estimate of drug-likeness (QED) is 0.730. The van der Waals surface area contributed by atoms with E-state index in [1.165, 1.54) is 6.42 Å². The number of carbonyl (C=O) groups is 1. The van der Waals surface area contributed by atoms with Crippen LogP contribution in [0.15, 0.2) is 0 Å². The first-order valence-electron chi connectivity index (χ1n) is 5.76. The second kappa shape index (κ2) is 4.71. The highest BCUT2D eigenvalue weighted by molar-refractivity contribution is 6.22. The van der Waals surface area contributed by atoms with Crippen LogP contribution in [0.2, 0.25) is 0 Å². The number of nitrogens with zero attached hydrogens (tertiary/aromatic N) is 1. The minimum absolute atomic E-state index is 0.0294. The second-order valence-electron chi connectivity index (χ2n) is 4.71. The minimum atomic E-state index is -0.221. The Morgan fingerprint density at radius 3 is 2.73 bits per heavy atom. The number of aliphatic hydroxyl groups excluding tert-OH is 1. The van der Waals surface area contributed by atoms with E-state index in [2.05, 4.69) is 0 Å². The molecule has 3 unspecified atom stereocenters. The smallest absolute Gasteiger partial charge is 0.224 e. The van der Waals surface area contributed by atoms with E-state index in [0.717, 1.165) is 19.3 Å². The number of rotatable bonds is 2. The van der Waals surface area contributed by atoms with Crippen LogP contribution in [0.4, 0.5) is 0 Å². The summed E-state index contributed by atoms with van der Waals surface area (Å²) in [6, 6.07) is 0. The summed E-state index contributed by atoms with van der Waals surface area (Å²) in [4.78, 5) is 13.3. The highest BCUT2D eigenvalue weighted by atomic mass is 35.5. The molecule has 1 heterocycles. The lowest BCUT2D eigenvalue weighted by Crippen LogP contribution is -2.37. The molecule has 0 radical (unpaired) electrons. The van der Waals surface area contributed by atoms with Gasteiger partial charge in [0.05, 0.1) is 11.5 Å². The first-order chi connectivity index (χ1) is 7.16. The highest BCUT2D eigenvalue weighted by Gasteiger charge is 2.32. The van der Waals surface area contributed by atoms with Crippen molar-refractivity contribution in [1.29, 1.82) is 0 Å². The van der Waals surface area contributed by atoms with E-state index >= 15 is 0 Å². The molecule has 0 aromatic heterocycles. The number of halogens is 1. The Bertz CT molecular complexity index is 247. The molecule has 0 aromatic carbocycles. The van der Waals surface area contributed by atoms with E-state index in [-0.39, 0.29) is 23.3 Å². The lowest BCUT2D eigenvalue weighted by Gasteiger charge is -2.31. The molecule has 0 bridgehead atoms. The van der Waals surface area contributed by atoms with Crippen LogP contribution >= 0.6 is 11.6 Å². The maximum Gasteiger partial charge on any atom is 0.224 e. The average molecular weight is 232 g/mol. The van der Waals surface area contributed by atoms with Crippen LogP contribution in [0.1, 0.15) is 32.1 Å². The number of hydrogen-bond acceptors (Lipinski definition) is 2. The molecular weight excluding hydrogens is 214 g/mol. The molecule has 86 valence electrons. The molecule has 1 aliphatic carbocycles. The fourth-order valence-electron chi connectivity index (χ4n) is 2.58. The van der Waals surface area contributed by atoms with Gasteiger partial charge < -0.3 is 10.0 Å². The summed E-state index contributed by atoms with van der Waals surface area (Å²) in [7, 11) is 0. The van der Waals surface area contributed by atoms with Crippen LogP contribution in [-0.2, 0) is 4.79 Å². The first kappa shape index (κ1) is 11.2. The third-order valence-corrected chi connectivity index (χ3v) is 3.78. The van der Waals surface area contributed by atoms with Gasteiger partial charge in [0.25, 0.3) is 0 Å². The summed E-state index contributed by atoms with van der Waals surface area (Å²) < 4.78 is 0. The molecule has 0 aromatic rings. The van der Waals surface area contributed by atoms with E-state index in [9.17, 15) is 9.90 Å². The molecule has 1 saturated heterocycles. The van der Waals surface area contributed by atoms with Crippen LogP contribution < -0.4 is 0 Å². The van der Waals surface area contributed by atoms with E-state index in [0.29, 0.717) is 19.5 Å². The van der Waals surface area contributed by atoms with Crippen LogP contribution in [0, 0.1) is 5.92 Å². The van der Waals surface area contributed by atoms with E-state index in [1.807, 2.05) is 4.90 Å². The largest absolute Gasteiger partial charge is 0.393 e. The molecule has 2 aliphatic rings. The van der Waals surface area contributed by atoms with E-state index in [4.69, 9.17) is 11.6 Å². The van der Waals surface area contributed by atoms with Gasteiger partial charge in [-0.3, -0.25) is 4.79 Å². The highest BCUT2D eigenvalue weighted by Crippen LogP contribution is 2.27. The monoisotopic (exact) mass is 231 g/mol. The average Bonchev–Trinajstić information content (AvgIpc) is 2.49. The van der Waals surface area contributed by atoms with Crippen molar-refractivity contribution in [2.24, 2.45) is 5.92 Å². The van der Waals surface area contributed by atoms with Gasteiger partial charge in [-0.25, -0.2) is 0 Å². The van der Waals surface area contributed by atoms with Crippen LogP contribution in [-0.4, -0.2) is 40.5 Å². The second-order valence-corrected chi connectivity index (χ2v) is 5.33. The topological polar surface area (TPSA) is 40.5 Å².